The average molecular weight is 457 g/mol. The first kappa shape index (κ1) is 19.5. The molecule has 1 heteroatoms. The molecule has 0 unspecified atom stereocenters. The second-order valence-electron chi connectivity index (χ2n) is 12.9. The summed E-state index contributed by atoms with van der Waals surface area (Å²) in [5, 5.41) is 19.2. The van der Waals surface area contributed by atoms with Gasteiger partial charge in [-0.1, -0.05) is 53.2 Å². The Morgan fingerprint density at radius 1 is 0.686 bits per heavy atom. The molecular formula is C34H32O. The molecule has 35 heavy (non-hydrogen) atoms. The maximum absolute atomic E-state index is 13.7. The van der Waals surface area contributed by atoms with Gasteiger partial charge in [0.15, 0.2) is 0 Å². The Bertz CT molecular complexity index is 1680. The molecule has 0 saturated heterocycles. The molecule has 0 atom stereocenters. The molecule has 0 amide bonds. The molecule has 0 heterocycles. The predicted octanol–water partition coefficient (Wildman–Crippen LogP) is 8.10. The highest BCUT2D eigenvalue weighted by molar-refractivity contribution is 6.15. The SMILES string of the molecule is CCCC12c3cc4c5c6c(C)cc4c(C(C)C)c3C13c1c2cc2c(c-6c(C)cc2c1C(C)C)C53O. The summed E-state index contributed by atoms with van der Waals surface area (Å²) in [5.41, 5.74) is 15.5. The summed E-state index contributed by atoms with van der Waals surface area (Å²) >= 11 is 0. The zero-order valence-electron chi connectivity index (χ0n) is 21.8. The highest BCUT2D eigenvalue weighted by Crippen LogP contribution is 2.86. The minimum atomic E-state index is -0.982. The van der Waals surface area contributed by atoms with Gasteiger partial charge in [0.05, 0.1) is 5.41 Å². The van der Waals surface area contributed by atoms with E-state index in [1.54, 1.807) is 0 Å². The molecule has 1 nitrogen and oxygen atoms in total. The number of aryl methyl sites for hydroxylation is 2. The minimum Gasteiger partial charge on any atom is -0.379 e. The maximum atomic E-state index is 13.7. The summed E-state index contributed by atoms with van der Waals surface area (Å²) in [5.74, 6) is 0.844. The van der Waals surface area contributed by atoms with Crippen LogP contribution in [-0.2, 0) is 16.4 Å². The number of aliphatic hydroxyl groups is 1. The van der Waals surface area contributed by atoms with E-state index in [1.807, 2.05) is 0 Å². The van der Waals surface area contributed by atoms with Gasteiger partial charge >= 0.3 is 0 Å². The summed E-state index contributed by atoms with van der Waals surface area (Å²) < 4.78 is 0. The Balaban J connectivity index is 1.69. The van der Waals surface area contributed by atoms with Crippen molar-refractivity contribution in [2.75, 3.05) is 0 Å². The quantitative estimate of drug-likeness (QED) is 0.329. The van der Waals surface area contributed by atoms with Gasteiger partial charge in [0.25, 0.3) is 0 Å². The van der Waals surface area contributed by atoms with Crippen LogP contribution in [0.2, 0.25) is 0 Å². The monoisotopic (exact) mass is 456 g/mol. The van der Waals surface area contributed by atoms with Crippen LogP contribution in [0.4, 0.5) is 0 Å². The van der Waals surface area contributed by atoms with Gasteiger partial charge in [0, 0.05) is 16.5 Å². The molecule has 4 aromatic carbocycles. The van der Waals surface area contributed by atoms with Gasteiger partial charge in [0.2, 0.25) is 0 Å². The standard InChI is InChI=1S/C34H32O/c1-8-9-32-22-12-20-18-10-16(6)26-27-17(7)11-19-21-13-23(32)31(25(19)15(4)5)33(32,30(22)24(18)14(2)3)34(35,28(20)26)29(21)27/h10-15,35H,8-9H2,1-7H3. The lowest BCUT2D eigenvalue weighted by molar-refractivity contribution is -0.0538. The molecule has 0 fully saturated rings. The molecule has 174 valence electrons. The minimum absolute atomic E-state index is 0.0600. The second-order valence-corrected chi connectivity index (χ2v) is 12.9. The van der Waals surface area contributed by atoms with Crippen molar-refractivity contribution in [3.8, 4) is 11.1 Å². The molecule has 7 aliphatic carbocycles. The normalized spacial score (nSPS) is 28.5. The van der Waals surface area contributed by atoms with Crippen LogP contribution >= 0.6 is 0 Å². The summed E-state index contributed by atoms with van der Waals surface area (Å²) in [6.07, 6.45) is 2.25. The zero-order chi connectivity index (χ0) is 24.1. The van der Waals surface area contributed by atoms with Crippen molar-refractivity contribution in [3.05, 3.63) is 79.9 Å². The Morgan fingerprint density at radius 2 is 1.14 bits per heavy atom. The third-order valence-corrected chi connectivity index (χ3v) is 11.0. The molecule has 0 radical (unpaired) electrons. The maximum Gasteiger partial charge on any atom is 0.132 e. The van der Waals surface area contributed by atoms with E-state index in [1.165, 1.54) is 88.3 Å². The van der Waals surface area contributed by atoms with Crippen LogP contribution in [0.5, 0.6) is 0 Å². The van der Waals surface area contributed by atoms with Crippen molar-refractivity contribution in [1.29, 1.82) is 0 Å². The fraction of sp³-hybridized carbons (Fsp3) is 0.412. The highest BCUT2D eigenvalue weighted by atomic mass is 16.3. The lowest BCUT2D eigenvalue weighted by atomic mass is 9.28. The average Bonchev–Trinajstić information content (AvgIpc) is 2.82. The van der Waals surface area contributed by atoms with Gasteiger partial charge in [-0.15, -0.1) is 0 Å². The van der Waals surface area contributed by atoms with Gasteiger partial charge in [-0.2, -0.15) is 0 Å². The zero-order valence-corrected chi connectivity index (χ0v) is 21.8. The molecule has 1 N–H and O–H groups in total. The van der Waals surface area contributed by atoms with Crippen molar-refractivity contribution in [1.82, 2.24) is 0 Å². The van der Waals surface area contributed by atoms with Gasteiger partial charge < -0.3 is 5.11 Å². The third-order valence-electron chi connectivity index (χ3n) is 11.0. The predicted molar refractivity (Wildman–Crippen MR) is 144 cm³/mol. The van der Waals surface area contributed by atoms with E-state index in [9.17, 15) is 5.11 Å². The van der Waals surface area contributed by atoms with E-state index in [0.717, 1.165) is 12.8 Å². The van der Waals surface area contributed by atoms with Crippen molar-refractivity contribution < 1.29 is 5.11 Å². The van der Waals surface area contributed by atoms with E-state index in [0.29, 0.717) is 11.8 Å². The smallest absolute Gasteiger partial charge is 0.132 e. The van der Waals surface area contributed by atoms with Crippen molar-refractivity contribution in [2.45, 2.75) is 89.6 Å². The Labute approximate surface area is 207 Å². The van der Waals surface area contributed by atoms with Crippen LogP contribution in [0.25, 0.3) is 32.7 Å². The lowest BCUT2D eigenvalue weighted by Gasteiger charge is -2.73. The van der Waals surface area contributed by atoms with Gasteiger partial charge in [-0.25, -0.2) is 0 Å². The first-order valence-electron chi connectivity index (χ1n) is 13.7. The number of hydrogen-bond acceptors (Lipinski definition) is 1. The summed E-state index contributed by atoms with van der Waals surface area (Å²) in [7, 11) is 0. The largest absolute Gasteiger partial charge is 0.379 e. The van der Waals surface area contributed by atoms with Crippen LogP contribution in [-0.4, -0.2) is 5.11 Å². The van der Waals surface area contributed by atoms with Gasteiger partial charge in [-0.05, 0) is 121 Å². The van der Waals surface area contributed by atoms with E-state index >= 15 is 0 Å². The van der Waals surface area contributed by atoms with E-state index < -0.39 is 5.60 Å². The molecule has 1 spiro atoms. The summed E-state index contributed by atoms with van der Waals surface area (Å²) in [6, 6.07) is 9.99. The van der Waals surface area contributed by atoms with Crippen LogP contribution in [0.1, 0.15) is 115 Å². The first-order chi connectivity index (χ1) is 16.7. The summed E-state index contributed by atoms with van der Waals surface area (Å²) in [4.78, 5) is 0. The van der Waals surface area contributed by atoms with Gasteiger partial charge in [0.1, 0.15) is 5.60 Å². The van der Waals surface area contributed by atoms with E-state index in [4.69, 9.17) is 0 Å². The molecule has 11 bridgehead atoms. The fourth-order valence-corrected chi connectivity index (χ4v) is 10.5. The molecule has 4 aromatic rings. The highest BCUT2D eigenvalue weighted by Gasteiger charge is 2.84. The first-order valence-corrected chi connectivity index (χ1v) is 13.7. The lowest BCUT2D eigenvalue weighted by Crippen LogP contribution is -2.75. The topological polar surface area (TPSA) is 20.2 Å². The van der Waals surface area contributed by atoms with E-state index in [-0.39, 0.29) is 10.8 Å². The Hall–Kier alpha value is -2.64. The molecule has 7 aliphatic rings. The number of rotatable bonds is 4. The van der Waals surface area contributed by atoms with Crippen LogP contribution < -0.4 is 0 Å². The van der Waals surface area contributed by atoms with Crippen molar-refractivity contribution in [2.24, 2.45) is 0 Å². The molecule has 0 aromatic heterocycles. The fourth-order valence-electron chi connectivity index (χ4n) is 10.5. The van der Waals surface area contributed by atoms with Crippen molar-refractivity contribution in [3.63, 3.8) is 0 Å². The Kier molecular flexibility index (Phi) is 2.84. The Morgan fingerprint density at radius 3 is 1.54 bits per heavy atom. The molecule has 0 saturated carbocycles. The second kappa shape index (κ2) is 5.09. The van der Waals surface area contributed by atoms with Crippen LogP contribution in [0, 0.1) is 13.8 Å². The molecular weight excluding hydrogens is 424 g/mol. The number of benzene rings is 4. The van der Waals surface area contributed by atoms with E-state index in [2.05, 4.69) is 72.7 Å². The summed E-state index contributed by atoms with van der Waals surface area (Å²) in [6.45, 7) is 16.4. The molecule has 0 aliphatic heterocycles. The van der Waals surface area contributed by atoms with Crippen LogP contribution in [0.15, 0.2) is 24.3 Å². The van der Waals surface area contributed by atoms with Crippen LogP contribution in [0.3, 0.4) is 0 Å². The van der Waals surface area contributed by atoms with Crippen molar-refractivity contribution >= 4 is 21.5 Å². The number of hydrogen-bond donors (Lipinski definition) is 1. The van der Waals surface area contributed by atoms with Gasteiger partial charge in [-0.3, -0.25) is 0 Å². The third kappa shape index (κ3) is 1.39. The molecule has 11 rings (SSSR count). The number of fused-ring (bicyclic) bond motifs is 1.